The van der Waals surface area contributed by atoms with Crippen LogP contribution < -0.4 is 15.4 Å². The molecule has 0 amide bonds. The Balaban J connectivity index is 1.60. The number of guanidine groups is 1. The van der Waals surface area contributed by atoms with Crippen molar-refractivity contribution in [2.75, 3.05) is 18.5 Å². The van der Waals surface area contributed by atoms with Gasteiger partial charge in [-0.25, -0.2) is 4.39 Å². The zero-order valence-corrected chi connectivity index (χ0v) is 14.5. The molecule has 0 atom stereocenters. The highest BCUT2D eigenvalue weighted by Gasteiger charge is 1.99. The number of nitriles is 1. The fourth-order valence-corrected chi connectivity index (χ4v) is 2.24. The fourth-order valence-electron chi connectivity index (χ4n) is 2.24. The molecule has 2 aromatic rings. The summed E-state index contributed by atoms with van der Waals surface area (Å²) in [5.74, 6) is 0.681. The van der Waals surface area contributed by atoms with Gasteiger partial charge in [-0.3, -0.25) is 15.3 Å². The predicted octanol–water partition coefficient (Wildman–Crippen LogP) is 3.70. The van der Waals surface area contributed by atoms with E-state index in [4.69, 9.17) is 10.00 Å². The third-order valence-electron chi connectivity index (χ3n) is 3.49. The van der Waals surface area contributed by atoms with Crippen LogP contribution >= 0.6 is 0 Å². The number of hydrogen-bond donors (Lipinski definition) is 2. The summed E-state index contributed by atoms with van der Waals surface area (Å²) >= 11 is 0. The molecule has 2 rings (SSSR count). The highest BCUT2D eigenvalue weighted by Crippen LogP contribution is 2.12. The fraction of sp³-hybridized carbons (Fsp3) is 0.316. The molecule has 26 heavy (non-hydrogen) atoms. The smallest absolute Gasteiger partial charge is 0.209 e. The molecule has 0 radical (unpaired) electrons. The van der Waals surface area contributed by atoms with Gasteiger partial charge in [-0.15, -0.1) is 0 Å². The summed E-state index contributed by atoms with van der Waals surface area (Å²) in [5, 5.41) is 14.3. The van der Waals surface area contributed by atoms with Gasteiger partial charge in [-0.1, -0.05) is 12.5 Å². The number of aliphatic imine (C=N–C) groups is 1. The van der Waals surface area contributed by atoms with Crippen LogP contribution in [-0.2, 0) is 0 Å². The monoisotopic (exact) mass is 355 g/mol. The van der Waals surface area contributed by atoms with Crippen molar-refractivity contribution in [3.8, 4) is 11.9 Å². The van der Waals surface area contributed by atoms with Crippen LogP contribution in [0, 0.1) is 17.3 Å². The lowest BCUT2D eigenvalue weighted by atomic mass is 10.2. The number of ether oxygens (including phenoxy) is 1. The van der Waals surface area contributed by atoms with Crippen molar-refractivity contribution < 1.29 is 9.13 Å². The molecular weight excluding hydrogens is 333 g/mol. The van der Waals surface area contributed by atoms with Gasteiger partial charge < -0.3 is 10.1 Å². The lowest BCUT2D eigenvalue weighted by Crippen LogP contribution is -2.27. The highest BCUT2D eigenvalue weighted by atomic mass is 19.1. The number of halogens is 1. The minimum absolute atomic E-state index is 0.290. The molecule has 0 saturated carbocycles. The molecular formula is C19H22FN5O. The van der Waals surface area contributed by atoms with Gasteiger partial charge in [0.05, 0.1) is 18.5 Å². The molecule has 1 aromatic carbocycles. The second-order valence-corrected chi connectivity index (χ2v) is 5.55. The van der Waals surface area contributed by atoms with Gasteiger partial charge in [0.15, 0.2) is 6.19 Å². The number of hydrogen-bond acceptors (Lipinski definition) is 4. The lowest BCUT2D eigenvalue weighted by molar-refractivity contribution is 0.303. The molecule has 7 heteroatoms. The van der Waals surface area contributed by atoms with Gasteiger partial charge in [-0.2, -0.15) is 5.26 Å². The maximum atomic E-state index is 13.0. The summed E-state index contributed by atoms with van der Waals surface area (Å²) in [6, 6.07) is 9.81. The normalized spacial score (nSPS) is 10.8. The summed E-state index contributed by atoms with van der Waals surface area (Å²) in [5.41, 5.74) is 0.767. The minimum Gasteiger partial charge on any atom is -0.493 e. The van der Waals surface area contributed by atoms with Crippen molar-refractivity contribution >= 4 is 11.6 Å². The number of unbranched alkanes of at least 4 members (excludes halogenated alkanes) is 3. The van der Waals surface area contributed by atoms with E-state index in [1.165, 1.54) is 12.1 Å². The molecule has 0 spiro atoms. The SMILES string of the molecule is N#CNC(=NCCCCCCOc1cccc(F)c1)Nc1cccnc1. The zero-order valence-electron chi connectivity index (χ0n) is 14.5. The van der Waals surface area contributed by atoms with Crippen LogP contribution in [0.15, 0.2) is 53.8 Å². The van der Waals surface area contributed by atoms with E-state index in [1.807, 2.05) is 12.3 Å². The molecule has 1 aromatic heterocycles. The number of nitrogens with one attached hydrogen (secondary N) is 2. The van der Waals surface area contributed by atoms with Crippen molar-refractivity contribution in [3.63, 3.8) is 0 Å². The molecule has 0 aliphatic heterocycles. The second kappa shape index (κ2) is 11.4. The Hall–Kier alpha value is -3.14. The first-order chi connectivity index (χ1) is 12.8. The molecule has 136 valence electrons. The first-order valence-electron chi connectivity index (χ1n) is 8.53. The van der Waals surface area contributed by atoms with Crippen molar-refractivity contribution in [1.82, 2.24) is 10.3 Å². The maximum absolute atomic E-state index is 13.0. The number of benzene rings is 1. The van der Waals surface area contributed by atoms with Gasteiger partial charge in [0.25, 0.3) is 0 Å². The van der Waals surface area contributed by atoms with Gasteiger partial charge in [0, 0.05) is 18.8 Å². The Bertz CT molecular complexity index is 730. The van der Waals surface area contributed by atoms with Gasteiger partial charge in [0.2, 0.25) is 5.96 Å². The summed E-state index contributed by atoms with van der Waals surface area (Å²) in [6.45, 7) is 1.18. The van der Waals surface area contributed by atoms with Crippen LogP contribution in [0.5, 0.6) is 5.75 Å². The summed E-state index contributed by atoms with van der Waals surface area (Å²) in [7, 11) is 0. The largest absolute Gasteiger partial charge is 0.493 e. The zero-order chi connectivity index (χ0) is 18.5. The number of rotatable bonds is 9. The average molecular weight is 355 g/mol. The second-order valence-electron chi connectivity index (χ2n) is 5.55. The van der Waals surface area contributed by atoms with Crippen LogP contribution in [0.2, 0.25) is 0 Å². The Labute approximate surface area is 152 Å². The van der Waals surface area contributed by atoms with E-state index in [0.717, 1.165) is 31.4 Å². The number of aromatic nitrogens is 1. The first kappa shape index (κ1) is 19.2. The Morgan fingerprint density at radius 1 is 1.19 bits per heavy atom. The van der Waals surface area contributed by atoms with E-state index in [2.05, 4.69) is 20.6 Å². The maximum Gasteiger partial charge on any atom is 0.209 e. The van der Waals surface area contributed by atoms with E-state index in [-0.39, 0.29) is 5.82 Å². The van der Waals surface area contributed by atoms with Crippen LogP contribution in [0.4, 0.5) is 10.1 Å². The molecule has 0 aliphatic carbocycles. The summed E-state index contributed by atoms with van der Waals surface area (Å²) < 4.78 is 18.5. The van der Waals surface area contributed by atoms with Crippen LogP contribution in [0.3, 0.4) is 0 Å². The Morgan fingerprint density at radius 3 is 2.85 bits per heavy atom. The van der Waals surface area contributed by atoms with E-state index >= 15 is 0 Å². The van der Waals surface area contributed by atoms with Crippen LogP contribution in [0.1, 0.15) is 25.7 Å². The molecule has 0 unspecified atom stereocenters. The van der Waals surface area contributed by atoms with Crippen molar-refractivity contribution in [2.45, 2.75) is 25.7 Å². The Morgan fingerprint density at radius 2 is 2.08 bits per heavy atom. The number of nitrogens with zero attached hydrogens (tertiary/aromatic N) is 3. The predicted molar refractivity (Wildman–Crippen MR) is 99.3 cm³/mol. The first-order valence-corrected chi connectivity index (χ1v) is 8.53. The Kier molecular flexibility index (Phi) is 8.43. The molecule has 0 saturated heterocycles. The molecule has 0 fully saturated rings. The van der Waals surface area contributed by atoms with E-state index < -0.39 is 0 Å². The quantitative estimate of drug-likeness (QED) is 0.236. The van der Waals surface area contributed by atoms with Crippen molar-refractivity contribution in [2.24, 2.45) is 4.99 Å². The van der Waals surface area contributed by atoms with Crippen LogP contribution in [0.25, 0.3) is 0 Å². The standard InChI is InChI=1S/C19H22FN5O/c20-16-7-5-9-18(13-16)26-12-4-2-1-3-11-23-19(24-15-21)25-17-8-6-10-22-14-17/h5-10,13-14H,1-4,11-12H2,(H2,23,24,25). The van der Waals surface area contributed by atoms with Crippen LogP contribution in [-0.4, -0.2) is 24.1 Å². The van der Waals surface area contributed by atoms with Gasteiger partial charge >= 0.3 is 0 Å². The lowest BCUT2D eigenvalue weighted by Gasteiger charge is -2.07. The summed E-state index contributed by atoms with van der Waals surface area (Å²) in [4.78, 5) is 8.36. The number of pyridine rings is 1. The molecule has 6 nitrogen and oxygen atoms in total. The molecule has 0 bridgehead atoms. The van der Waals surface area contributed by atoms with Gasteiger partial charge in [0.1, 0.15) is 11.6 Å². The van der Waals surface area contributed by atoms with Crippen molar-refractivity contribution in [3.05, 3.63) is 54.6 Å². The van der Waals surface area contributed by atoms with Gasteiger partial charge in [-0.05, 0) is 43.5 Å². The third kappa shape index (κ3) is 7.62. The average Bonchev–Trinajstić information content (AvgIpc) is 2.65. The molecule has 2 N–H and O–H groups in total. The minimum atomic E-state index is -0.290. The van der Waals surface area contributed by atoms with E-state index in [9.17, 15) is 4.39 Å². The molecule has 1 heterocycles. The van der Waals surface area contributed by atoms with E-state index in [0.29, 0.717) is 24.9 Å². The number of anilines is 1. The third-order valence-corrected chi connectivity index (χ3v) is 3.49. The summed E-state index contributed by atoms with van der Waals surface area (Å²) in [6.07, 6.45) is 9.02. The van der Waals surface area contributed by atoms with Crippen molar-refractivity contribution in [1.29, 1.82) is 5.26 Å². The topological polar surface area (TPSA) is 82.3 Å². The highest BCUT2D eigenvalue weighted by molar-refractivity contribution is 5.94. The van der Waals surface area contributed by atoms with E-state index in [1.54, 1.807) is 30.6 Å². The molecule has 0 aliphatic rings.